The second-order valence-corrected chi connectivity index (χ2v) is 8.60. The number of carbonyl (C=O) groups excluding carboxylic acids is 1. The first kappa shape index (κ1) is 23.1. The molecule has 6 heteroatoms. The molecule has 1 fully saturated rings. The molecule has 1 aliphatic heterocycles. The predicted octanol–water partition coefficient (Wildman–Crippen LogP) is 5.01. The summed E-state index contributed by atoms with van der Waals surface area (Å²) < 4.78 is 5.61. The molecule has 0 aliphatic carbocycles. The van der Waals surface area contributed by atoms with Crippen molar-refractivity contribution in [2.45, 2.75) is 51.7 Å². The molecule has 1 saturated heterocycles. The summed E-state index contributed by atoms with van der Waals surface area (Å²) in [6.45, 7) is 5.72. The Bertz CT molecular complexity index is 864. The van der Waals surface area contributed by atoms with Gasteiger partial charge in [0.05, 0.1) is 41.8 Å². The third-order valence-electron chi connectivity index (χ3n) is 5.66. The van der Waals surface area contributed by atoms with Crippen molar-refractivity contribution >= 4 is 29.1 Å². The second kappa shape index (κ2) is 10.6. The van der Waals surface area contributed by atoms with E-state index in [2.05, 4.69) is 32.0 Å². The molecule has 2 unspecified atom stereocenters. The van der Waals surface area contributed by atoms with Gasteiger partial charge >= 0.3 is 0 Å². The maximum absolute atomic E-state index is 13.1. The van der Waals surface area contributed by atoms with Gasteiger partial charge in [0.25, 0.3) is 0 Å². The highest BCUT2D eigenvalue weighted by Crippen LogP contribution is 2.29. The van der Waals surface area contributed by atoms with Crippen LogP contribution in [0, 0.1) is 0 Å². The average Bonchev–Trinajstić information content (AvgIpc) is 2.75. The first-order chi connectivity index (χ1) is 14.4. The lowest BCUT2D eigenvalue weighted by Gasteiger charge is -2.37. The molecule has 0 aromatic heterocycles. The van der Waals surface area contributed by atoms with Crippen LogP contribution in [0.3, 0.4) is 0 Å². The van der Waals surface area contributed by atoms with Crippen molar-refractivity contribution in [1.29, 1.82) is 0 Å². The molecule has 0 spiro atoms. The van der Waals surface area contributed by atoms with E-state index in [0.29, 0.717) is 48.2 Å². The van der Waals surface area contributed by atoms with Gasteiger partial charge in [0, 0.05) is 13.0 Å². The number of hydrogen-bond acceptors (Lipinski definition) is 3. The van der Waals surface area contributed by atoms with Crippen LogP contribution in [-0.4, -0.2) is 41.7 Å². The number of benzene rings is 2. The molecule has 2 aromatic rings. The lowest BCUT2D eigenvalue weighted by atomic mass is 9.98. The quantitative estimate of drug-likeness (QED) is 0.645. The van der Waals surface area contributed by atoms with Crippen molar-refractivity contribution in [1.82, 2.24) is 4.90 Å². The first-order valence-electron chi connectivity index (χ1n) is 10.5. The van der Waals surface area contributed by atoms with E-state index >= 15 is 0 Å². The molecule has 1 aliphatic rings. The summed E-state index contributed by atoms with van der Waals surface area (Å²) in [6.07, 6.45) is 1.90. The number of rotatable bonds is 7. The Morgan fingerprint density at radius 3 is 2.40 bits per heavy atom. The normalized spacial score (nSPS) is 17.8. The number of amides is 1. The minimum atomic E-state index is -0.753. The van der Waals surface area contributed by atoms with Crippen LogP contribution in [0.2, 0.25) is 10.0 Å². The molecule has 1 amide bonds. The molecule has 2 atom stereocenters. The molecular formula is C24H29Cl2NO3. The molecular weight excluding hydrogens is 421 g/mol. The third kappa shape index (κ3) is 5.76. The number of halogens is 2. The average molecular weight is 450 g/mol. The maximum atomic E-state index is 13.1. The highest BCUT2D eigenvalue weighted by atomic mass is 35.5. The van der Waals surface area contributed by atoms with Gasteiger partial charge in [-0.1, -0.05) is 61.3 Å². The Kier molecular flexibility index (Phi) is 8.18. The highest BCUT2D eigenvalue weighted by molar-refractivity contribution is 6.42. The summed E-state index contributed by atoms with van der Waals surface area (Å²) >= 11 is 12.1. The zero-order valence-electron chi connectivity index (χ0n) is 17.5. The van der Waals surface area contributed by atoms with Crippen LogP contribution in [0.1, 0.15) is 48.6 Å². The summed E-state index contributed by atoms with van der Waals surface area (Å²) in [5.41, 5.74) is 4.24. The number of morpholine rings is 1. The molecule has 30 heavy (non-hydrogen) atoms. The van der Waals surface area contributed by atoms with E-state index in [1.165, 1.54) is 11.1 Å². The van der Waals surface area contributed by atoms with Crippen molar-refractivity contribution < 1.29 is 14.6 Å². The molecule has 3 rings (SSSR count). The standard InChI is InChI=1S/C24H29Cl2NO3/c1-3-16-9-17(4-2)11-18(10-16)12-24(29)27-7-8-30-15-20(27)14-23(28)19-5-6-21(25)22(26)13-19/h5-6,9-11,13,20,23,28H,3-4,7-8,12,14-15H2,1-2H3. The van der Waals surface area contributed by atoms with Gasteiger partial charge in [-0.05, 0) is 47.2 Å². The van der Waals surface area contributed by atoms with Crippen molar-refractivity contribution in [3.63, 3.8) is 0 Å². The predicted molar refractivity (Wildman–Crippen MR) is 121 cm³/mol. The molecule has 0 saturated carbocycles. The van der Waals surface area contributed by atoms with Gasteiger partial charge in [0.15, 0.2) is 0 Å². The van der Waals surface area contributed by atoms with Crippen LogP contribution < -0.4 is 0 Å². The molecule has 0 radical (unpaired) electrons. The number of carbonyl (C=O) groups is 1. The first-order valence-corrected chi connectivity index (χ1v) is 11.3. The third-order valence-corrected chi connectivity index (χ3v) is 6.39. The summed E-state index contributed by atoms with van der Waals surface area (Å²) in [4.78, 5) is 15.0. The Morgan fingerprint density at radius 2 is 1.77 bits per heavy atom. The molecule has 2 aromatic carbocycles. The Hall–Kier alpha value is -1.59. The Labute approximate surface area is 188 Å². The van der Waals surface area contributed by atoms with Gasteiger partial charge < -0.3 is 14.7 Å². The van der Waals surface area contributed by atoms with Crippen molar-refractivity contribution in [2.75, 3.05) is 19.8 Å². The van der Waals surface area contributed by atoms with Crippen molar-refractivity contribution in [3.05, 3.63) is 68.7 Å². The van der Waals surface area contributed by atoms with E-state index in [9.17, 15) is 9.90 Å². The fourth-order valence-corrected chi connectivity index (χ4v) is 4.22. The van der Waals surface area contributed by atoms with E-state index in [-0.39, 0.29) is 11.9 Å². The van der Waals surface area contributed by atoms with Crippen LogP contribution in [0.15, 0.2) is 36.4 Å². The van der Waals surface area contributed by atoms with Gasteiger partial charge in [0.1, 0.15) is 0 Å². The minimum absolute atomic E-state index is 0.0694. The zero-order valence-corrected chi connectivity index (χ0v) is 19.0. The fourth-order valence-electron chi connectivity index (χ4n) is 3.92. The number of hydrogen-bond donors (Lipinski definition) is 1. The Balaban J connectivity index is 1.71. The van der Waals surface area contributed by atoms with E-state index < -0.39 is 6.10 Å². The van der Waals surface area contributed by atoms with Crippen molar-refractivity contribution in [2.24, 2.45) is 0 Å². The lowest BCUT2D eigenvalue weighted by Crippen LogP contribution is -2.49. The number of aryl methyl sites for hydroxylation is 2. The molecule has 162 valence electrons. The molecule has 1 N–H and O–H groups in total. The number of aliphatic hydroxyl groups excluding tert-OH is 1. The van der Waals surface area contributed by atoms with Gasteiger partial charge in [-0.2, -0.15) is 0 Å². The molecule has 4 nitrogen and oxygen atoms in total. The van der Waals surface area contributed by atoms with E-state index in [0.717, 1.165) is 18.4 Å². The molecule has 1 heterocycles. The second-order valence-electron chi connectivity index (χ2n) is 7.78. The number of ether oxygens (including phenoxy) is 1. The van der Waals surface area contributed by atoms with Crippen LogP contribution >= 0.6 is 23.2 Å². The van der Waals surface area contributed by atoms with Crippen LogP contribution in [0.4, 0.5) is 0 Å². The van der Waals surface area contributed by atoms with E-state index in [1.807, 2.05) is 4.90 Å². The lowest BCUT2D eigenvalue weighted by molar-refractivity contribution is -0.140. The smallest absolute Gasteiger partial charge is 0.227 e. The van der Waals surface area contributed by atoms with Crippen LogP contribution in [0.5, 0.6) is 0 Å². The molecule has 0 bridgehead atoms. The topological polar surface area (TPSA) is 49.8 Å². The van der Waals surface area contributed by atoms with Gasteiger partial charge in [-0.3, -0.25) is 4.79 Å². The SMILES string of the molecule is CCc1cc(CC)cc(CC(=O)N2CCOCC2CC(O)c2ccc(Cl)c(Cl)c2)c1. The van der Waals surface area contributed by atoms with Gasteiger partial charge in [-0.15, -0.1) is 0 Å². The highest BCUT2D eigenvalue weighted by Gasteiger charge is 2.29. The summed E-state index contributed by atoms with van der Waals surface area (Å²) in [6, 6.07) is 11.4. The van der Waals surface area contributed by atoms with Crippen LogP contribution in [0.25, 0.3) is 0 Å². The van der Waals surface area contributed by atoms with Crippen LogP contribution in [-0.2, 0) is 28.8 Å². The summed E-state index contributed by atoms with van der Waals surface area (Å²) in [5, 5.41) is 11.6. The number of nitrogens with zero attached hydrogens (tertiary/aromatic N) is 1. The zero-order chi connectivity index (χ0) is 21.7. The summed E-state index contributed by atoms with van der Waals surface area (Å²) in [5.74, 6) is 0.0694. The van der Waals surface area contributed by atoms with E-state index in [1.54, 1.807) is 18.2 Å². The van der Waals surface area contributed by atoms with Gasteiger partial charge in [0.2, 0.25) is 5.91 Å². The Morgan fingerprint density at radius 1 is 1.10 bits per heavy atom. The van der Waals surface area contributed by atoms with Gasteiger partial charge in [-0.25, -0.2) is 0 Å². The van der Waals surface area contributed by atoms with Crippen molar-refractivity contribution in [3.8, 4) is 0 Å². The summed E-state index contributed by atoms with van der Waals surface area (Å²) in [7, 11) is 0. The largest absolute Gasteiger partial charge is 0.388 e. The fraction of sp³-hybridized carbons (Fsp3) is 0.458. The number of aliphatic hydroxyl groups is 1. The monoisotopic (exact) mass is 449 g/mol. The minimum Gasteiger partial charge on any atom is -0.388 e. The maximum Gasteiger partial charge on any atom is 0.227 e. The van der Waals surface area contributed by atoms with E-state index in [4.69, 9.17) is 27.9 Å².